The Morgan fingerprint density at radius 1 is 1.80 bits per heavy atom. The van der Waals surface area contributed by atoms with Crippen LogP contribution in [0.1, 0.15) is 11.9 Å². The van der Waals surface area contributed by atoms with Gasteiger partial charge in [-0.05, 0) is 22.6 Å². The van der Waals surface area contributed by atoms with Gasteiger partial charge in [0.25, 0.3) is 5.82 Å². The Morgan fingerprint density at radius 2 is 2.50 bits per heavy atom. The monoisotopic (exact) mass is 264 g/mol. The van der Waals surface area contributed by atoms with Crippen molar-refractivity contribution < 1.29 is 0 Å². The lowest BCUT2D eigenvalue weighted by Crippen LogP contribution is -1.72. The molecular formula is C6H5IN2S. The second-order valence-electron chi connectivity index (χ2n) is 1.67. The van der Waals surface area contributed by atoms with Crippen LogP contribution in [0.2, 0.25) is 0 Å². The lowest BCUT2D eigenvalue weighted by molar-refractivity contribution is 1.10. The summed E-state index contributed by atoms with van der Waals surface area (Å²) >= 11 is 3.75. The molecule has 0 unspecified atom stereocenters. The van der Waals surface area contributed by atoms with Gasteiger partial charge in [0.1, 0.15) is 0 Å². The molecule has 0 aliphatic carbocycles. The van der Waals surface area contributed by atoms with Gasteiger partial charge in [-0.2, -0.15) is 0 Å². The van der Waals surface area contributed by atoms with Crippen molar-refractivity contribution in [3.05, 3.63) is 19.3 Å². The third-order valence-corrected chi connectivity index (χ3v) is 3.14. The number of halogens is 1. The summed E-state index contributed by atoms with van der Waals surface area (Å²) in [5, 5.41) is 1.05. The maximum Gasteiger partial charge on any atom is 0.294 e. The maximum atomic E-state index is 6.74. The fraction of sp³-hybridized carbons (Fsp3) is 0.333. The van der Waals surface area contributed by atoms with Gasteiger partial charge in [-0.15, -0.1) is 16.3 Å². The quantitative estimate of drug-likeness (QED) is 0.563. The minimum absolute atomic E-state index is 0.558. The Morgan fingerprint density at radius 3 is 2.80 bits per heavy atom. The van der Waals surface area contributed by atoms with Gasteiger partial charge in [0.15, 0.2) is 5.01 Å². The highest BCUT2D eigenvalue weighted by atomic mass is 127. The molecule has 0 fully saturated rings. The molecule has 0 spiro atoms. The van der Waals surface area contributed by atoms with Crippen molar-refractivity contribution in [1.82, 2.24) is 4.98 Å². The first-order valence-corrected chi connectivity index (χ1v) is 4.70. The molecule has 0 radical (unpaired) electrons. The van der Waals surface area contributed by atoms with Gasteiger partial charge in [-0.1, -0.05) is 13.5 Å². The second kappa shape index (κ2) is 3.30. The Labute approximate surface area is 77.3 Å². The van der Waals surface area contributed by atoms with E-state index in [-0.39, 0.29) is 0 Å². The summed E-state index contributed by atoms with van der Waals surface area (Å²) in [7, 11) is 0. The molecule has 0 amide bonds. The van der Waals surface area contributed by atoms with Crippen LogP contribution in [0.15, 0.2) is 0 Å². The predicted molar refractivity (Wildman–Crippen MR) is 50.5 cm³/mol. The van der Waals surface area contributed by atoms with E-state index in [9.17, 15) is 0 Å². The Hall–Kier alpha value is -0.150. The molecule has 2 nitrogen and oxygen atoms in total. The average Bonchev–Trinajstić information content (AvgIpc) is 2.30. The summed E-state index contributed by atoms with van der Waals surface area (Å²) in [6, 6.07) is 0. The van der Waals surface area contributed by atoms with Crippen LogP contribution >= 0.6 is 33.9 Å². The standard InChI is InChI=1S/C6H5IN2S/c1-3-4-9-6(8-2)5(7)10-4/h3H2,1H3. The molecule has 0 atom stereocenters. The van der Waals surface area contributed by atoms with Crippen molar-refractivity contribution >= 4 is 39.7 Å². The number of aromatic nitrogens is 1. The summed E-state index contributed by atoms with van der Waals surface area (Å²) in [6.07, 6.45) is 0.927. The highest BCUT2D eigenvalue weighted by molar-refractivity contribution is 14.1. The van der Waals surface area contributed by atoms with E-state index >= 15 is 0 Å². The Kier molecular flexibility index (Phi) is 2.63. The molecule has 0 aliphatic rings. The van der Waals surface area contributed by atoms with Gasteiger partial charge in [0, 0.05) is 6.42 Å². The van der Waals surface area contributed by atoms with Crippen molar-refractivity contribution in [2.45, 2.75) is 13.3 Å². The maximum absolute atomic E-state index is 6.74. The zero-order valence-electron chi connectivity index (χ0n) is 5.39. The van der Waals surface area contributed by atoms with Crippen LogP contribution in [0.25, 0.3) is 4.85 Å². The van der Waals surface area contributed by atoms with Crippen molar-refractivity contribution in [3.63, 3.8) is 0 Å². The molecule has 1 aromatic rings. The van der Waals surface area contributed by atoms with Crippen molar-refractivity contribution in [1.29, 1.82) is 0 Å². The van der Waals surface area contributed by atoms with E-state index < -0.39 is 0 Å². The second-order valence-corrected chi connectivity index (χ2v) is 4.56. The van der Waals surface area contributed by atoms with Gasteiger partial charge in [-0.3, -0.25) is 0 Å². The summed E-state index contributed by atoms with van der Waals surface area (Å²) in [5.74, 6) is 0.558. The zero-order valence-corrected chi connectivity index (χ0v) is 8.36. The van der Waals surface area contributed by atoms with Crippen LogP contribution in [-0.4, -0.2) is 4.98 Å². The molecular weight excluding hydrogens is 259 g/mol. The Balaban J connectivity index is 3.07. The highest BCUT2D eigenvalue weighted by Gasteiger charge is 2.08. The first-order valence-electron chi connectivity index (χ1n) is 2.80. The summed E-state index contributed by atoms with van der Waals surface area (Å²) in [4.78, 5) is 7.38. The van der Waals surface area contributed by atoms with E-state index in [1.807, 2.05) is 6.92 Å². The molecule has 52 valence electrons. The SMILES string of the molecule is [C-]#[N+]c1nc(CC)sc1I. The molecule has 1 rings (SSSR count). The van der Waals surface area contributed by atoms with E-state index in [0.29, 0.717) is 5.82 Å². The van der Waals surface area contributed by atoms with Crippen LogP contribution in [0.5, 0.6) is 0 Å². The molecule has 0 saturated carbocycles. The van der Waals surface area contributed by atoms with Crippen LogP contribution in [0.4, 0.5) is 5.82 Å². The number of rotatable bonds is 1. The number of thiazole rings is 1. The van der Waals surface area contributed by atoms with Crippen molar-refractivity contribution in [2.24, 2.45) is 0 Å². The fourth-order valence-electron chi connectivity index (χ4n) is 0.554. The van der Waals surface area contributed by atoms with Gasteiger partial charge in [0.2, 0.25) is 0 Å². The molecule has 1 aromatic heterocycles. The first-order chi connectivity index (χ1) is 4.77. The summed E-state index contributed by atoms with van der Waals surface area (Å²) in [5.41, 5.74) is 0. The third kappa shape index (κ3) is 1.47. The lowest BCUT2D eigenvalue weighted by Gasteiger charge is -1.74. The number of hydrogen-bond acceptors (Lipinski definition) is 2. The average molecular weight is 264 g/mol. The summed E-state index contributed by atoms with van der Waals surface area (Å²) in [6.45, 7) is 8.78. The summed E-state index contributed by atoms with van der Waals surface area (Å²) < 4.78 is 1.00. The molecule has 0 saturated heterocycles. The van der Waals surface area contributed by atoms with E-state index in [0.717, 1.165) is 14.3 Å². The van der Waals surface area contributed by atoms with Crippen molar-refractivity contribution in [3.8, 4) is 0 Å². The van der Waals surface area contributed by atoms with Gasteiger partial charge in [-0.25, -0.2) is 0 Å². The topological polar surface area (TPSA) is 17.2 Å². The molecule has 0 aromatic carbocycles. The highest BCUT2D eigenvalue weighted by Crippen LogP contribution is 2.27. The van der Waals surface area contributed by atoms with Gasteiger partial charge < -0.3 is 4.85 Å². The van der Waals surface area contributed by atoms with Crippen LogP contribution in [-0.2, 0) is 6.42 Å². The smallest absolute Gasteiger partial charge is 0.294 e. The number of nitrogens with zero attached hydrogens (tertiary/aromatic N) is 2. The minimum Gasteiger partial charge on any atom is -0.359 e. The van der Waals surface area contributed by atoms with Gasteiger partial charge >= 0.3 is 0 Å². The molecule has 1 heterocycles. The fourth-order valence-corrected chi connectivity index (χ4v) is 2.22. The van der Waals surface area contributed by atoms with Crippen LogP contribution in [0.3, 0.4) is 0 Å². The molecule has 4 heteroatoms. The third-order valence-electron chi connectivity index (χ3n) is 1.02. The zero-order chi connectivity index (χ0) is 7.56. The molecule has 10 heavy (non-hydrogen) atoms. The number of hydrogen-bond donors (Lipinski definition) is 0. The molecule has 0 aliphatic heterocycles. The normalized spacial score (nSPS) is 9.30. The van der Waals surface area contributed by atoms with Crippen molar-refractivity contribution in [2.75, 3.05) is 0 Å². The molecule has 0 bridgehead atoms. The first kappa shape index (κ1) is 7.95. The number of aryl methyl sites for hydroxylation is 1. The van der Waals surface area contributed by atoms with Gasteiger partial charge in [0.05, 0.1) is 2.88 Å². The Bertz CT molecular complexity index is 274. The van der Waals surface area contributed by atoms with E-state index in [2.05, 4.69) is 32.4 Å². The van der Waals surface area contributed by atoms with Crippen LogP contribution in [0, 0.1) is 9.46 Å². The minimum atomic E-state index is 0.558. The van der Waals surface area contributed by atoms with E-state index in [1.54, 1.807) is 11.3 Å². The van der Waals surface area contributed by atoms with E-state index in [1.165, 1.54) is 0 Å². The largest absolute Gasteiger partial charge is 0.359 e. The predicted octanol–water partition coefficient (Wildman–Crippen LogP) is 2.86. The van der Waals surface area contributed by atoms with Crippen LogP contribution < -0.4 is 0 Å². The van der Waals surface area contributed by atoms with E-state index in [4.69, 9.17) is 6.57 Å². The molecule has 0 N–H and O–H groups in total. The lowest BCUT2D eigenvalue weighted by atomic mass is 10.5.